The van der Waals surface area contributed by atoms with Gasteiger partial charge in [0.05, 0.1) is 11.3 Å². The number of carbonyl (C=O) groups excluding carboxylic acids is 2. The molecule has 1 heterocycles. The van der Waals surface area contributed by atoms with Gasteiger partial charge in [-0.25, -0.2) is 0 Å². The Morgan fingerprint density at radius 3 is 2.58 bits per heavy atom. The highest BCUT2D eigenvalue weighted by Gasteiger charge is 2.36. The van der Waals surface area contributed by atoms with Gasteiger partial charge in [0.1, 0.15) is 0 Å². The van der Waals surface area contributed by atoms with Gasteiger partial charge in [-0.05, 0) is 40.9 Å². The van der Waals surface area contributed by atoms with Crippen LogP contribution in [0.3, 0.4) is 0 Å². The normalized spacial score (nSPS) is 14.1. The molecule has 5 heteroatoms. The van der Waals surface area contributed by atoms with Crippen LogP contribution in [0.4, 0.5) is 5.69 Å². The number of nitrogens with zero attached hydrogens (tertiary/aromatic N) is 1. The molecule has 0 aromatic heterocycles. The molecular formula is C14H16BrNO3. The fraction of sp³-hybridized carbons (Fsp3) is 0.429. The minimum absolute atomic E-state index is 0.204. The van der Waals surface area contributed by atoms with E-state index < -0.39 is 11.7 Å². The predicted octanol–water partition coefficient (Wildman–Crippen LogP) is 2.53. The number of rotatable bonds is 6. The standard InChI is InChI=1S/C14H16BrNO3/c15-11-7-5-6-10-12(11)16(14(19)13(10)18)8-3-1-2-4-9-17/h5-7,17H,1-4,8-9H2. The predicted molar refractivity (Wildman–Crippen MR) is 76.4 cm³/mol. The number of anilines is 1. The number of aliphatic hydroxyl groups is 1. The summed E-state index contributed by atoms with van der Waals surface area (Å²) in [6.45, 7) is 0.751. The van der Waals surface area contributed by atoms with Crippen LogP contribution in [0.25, 0.3) is 0 Å². The van der Waals surface area contributed by atoms with Gasteiger partial charge >= 0.3 is 0 Å². The Labute approximate surface area is 120 Å². The van der Waals surface area contributed by atoms with Crippen molar-refractivity contribution in [1.82, 2.24) is 0 Å². The highest BCUT2D eigenvalue weighted by molar-refractivity contribution is 9.10. The van der Waals surface area contributed by atoms with Crippen molar-refractivity contribution in [2.24, 2.45) is 0 Å². The van der Waals surface area contributed by atoms with Gasteiger partial charge in [0.2, 0.25) is 0 Å². The molecule has 0 saturated heterocycles. The molecule has 0 aliphatic carbocycles. The second-order valence-electron chi connectivity index (χ2n) is 4.56. The zero-order valence-corrected chi connectivity index (χ0v) is 12.1. The van der Waals surface area contributed by atoms with E-state index in [2.05, 4.69) is 15.9 Å². The van der Waals surface area contributed by atoms with E-state index in [-0.39, 0.29) is 6.61 Å². The smallest absolute Gasteiger partial charge is 0.299 e. The molecule has 102 valence electrons. The van der Waals surface area contributed by atoms with Crippen LogP contribution in [0.5, 0.6) is 0 Å². The summed E-state index contributed by atoms with van der Waals surface area (Å²) in [6.07, 6.45) is 3.50. The third-order valence-electron chi connectivity index (χ3n) is 3.23. The van der Waals surface area contributed by atoms with E-state index >= 15 is 0 Å². The van der Waals surface area contributed by atoms with Gasteiger partial charge in [-0.15, -0.1) is 0 Å². The molecule has 1 aliphatic heterocycles. The molecule has 4 nitrogen and oxygen atoms in total. The topological polar surface area (TPSA) is 57.6 Å². The number of amides is 1. The van der Waals surface area contributed by atoms with Crippen LogP contribution >= 0.6 is 15.9 Å². The van der Waals surface area contributed by atoms with Crippen molar-refractivity contribution in [3.8, 4) is 0 Å². The summed E-state index contributed by atoms with van der Waals surface area (Å²) in [7, 11) is 0. The van der Waals surface area contributed by atoms with Crippen molar-refractivity contribution in [2.75, 3.05) is 18.1 Å². The van der Waals surface area contributed by atoms with Gasteiger partial charge in [0, 0.05) is 17.6 Å². The summed E-state index contributed by atoms with van der Waals surface area (Å²) in [4.78, 5) is 25.4. The number of ketones is 1. The minimum Gasteiger partial charge on any atom is -0.396 e. The number of carbonyl (C=O) groups is 2. The Balaban J connectivity index is 2.06. The Kier molecular flexibility index (Phi) is 4.71. The summed E-state index contributed by atoms with van der Waals surface area (Å²) in [5.74, 6) is -0.865. The number of hydrogen-bond donors (Lipinski definition) is 1. The van der Waals surface area contributed by atoms with Gasteiger partial charge in [-0.1, -0.05) is 18.9 Å². The van der Waals surface area contributed by atoms with Crippen LogP contribution in [0.15, 0.2) is 22.7 Å². The van der Waals surface area contributed by atoms with Crippen molar-refractivity contribution in [1.29, 1.82) is 0 Å². The minimum atomic E-state index is -0.441. The van der Waals surface area contributed by atoms with Crippen LogP contribution < -0.4 is 4.90 Å². The molecule has 1 N–H and O–H groups in total. The Bertz CT molecular complexity index is 501. The van der Waals surface area contributed by atoms with Gasteiger partial charge < -0.3 is 10.0 Å². The van der Waals surface area contributed by atoms with Crippen molar-refractivity contribution in [3.05, 3.63) is 28.2 Å². The first kappa shape index (κ1) is 14.2. The SMILES string of the molecule is O=C1C(=O)N(CCCCCCO)c2c(Br)cccc21. The molecule has 1 aromatic rings. The first-order chi connectivity index (χ1) is 9.16. The van der Waals surface area contributed by atoms with Gasteiger partial charge in [0.25, 0.3) is 11.7 Å². The van der Waals surface area contributed by atoms with E-state index in [4.69, 9.17) is 5.11 Å². The van der Waals surface area contributed by atoms with E-state index in [1.54, 1.807) is 17.0 Å². The number of aliphatic hydroxyl groups excluding tert-OH is 1. The molecule has 2 rings (SSSR count). The van der Waals surface area contributed by atoms with Crippen LogP contribution in [-0.2, 0) is 4.79 Å². The van der Waals surface area contributed by atoms with Crippen LogP contribution in [0.2, 0.25) is 0 Å². The number of halogens is 1. The molecule has 0 spiro atoms. The van der Waals surface area contributed by atoms with Crippen LogP contribution in [0.1, 0.15) is 36.0 Å². The molecule has 19 heavy (non-hydrogen) atoms. The van der Waals surface area contributed by atoms with Crippen molar-refractivity contribution in [3.63, 3.8) is 0 Å². The zero-order valence-electron chi connectivity index (χ0n) is 10.6. The molecule has 0 bridgehead atoms. The highest BCUT2D eigenvalue weighted by atomic mass is 79.9. The van der Waals surface area contributed by atoms with Crippen molar-refractivity contribution >= 4 is 33.3 Å². The average molecular weight is 326 g/mol. The largest absolute Gasteiger partial charge is 0.396 e. The Morgan fingerprint density at radius 1 is 1.11 bits per heavy atom. The summed E-state index contributed by atoms with van der Waals surface area (Å²) in [5.41, 5.74) is 1.18. The molecule has 0 fully saturated rings. The average Bonchev–Trinajstić information content (AvgIpc) is 2.65. The summed E-state index contributed by atoms with van der Waals surface area (Å²) >= 11 is 3.40. The quantitative estimate of drug-likeness (QED) is 0.646. The van der Waals surface area contributed by atoms with Crippen molar-refractivity contribution in [2.45, 2.75) is 25.7 Å². The van der Waals surface area contributed by atoms with Gasteiger partial charge in [-0.3, -0.25) is 9.59 Å². The summed E-state index contributed by atoms with van der Waals surface area (Å²) < 4.78 is 0.777. The third-order valence-corrected chi connectivity index (χ3v) is 3.87. The fourth-order valence-corrected chi connectivity index (χ4v) is 2.84. The van der Waals surface area contributed by atoms with Crippen LogP contribution in [0, 0.1) is 0 Å². The first-order valence-corrected chi connectivity index (χ1v) is 7.21. The zero-order chi connectivity index (χ0) is 13.8. The molecule has 0 saturated carbocycles. The van der Waals surface area contributed by atoms with Gasteiger partial charge in [-0.2, -0.15) is 0 Å². The lowest BCUT2D eigenvalue weighted by atomic mass is 10.1. The first-order valence-electron chi connectivity index (χ1n) is 6.42. The number of fused-ring (bicyclic) bond motifs is 1. The molecular weight excluding hydrogens is 310 g/mol. The lowest BCUT2D eigenvalue weighted by Gasteiger charge is -2.17. The molecule has 0 atom stereocenters. The Hall–Kier alpha value is -1.20. The maximum absolute atomic E-state index is 11.9. The number of Topliss-reactive ketones (excluding diaryl/α,β-unsaturated/α-hetero) is 1. The molecule has 0 unspecified atom stereocenters. The highest BCUT2D eigenvalue weighted by Crippen LogP contribution is 2.36. The van der Waals surface area contributed by atoms with Crippen LogP contribution in [-0.4, -0.2) is 29.9 Å². The third kappa shape index (κ3) is 2.87. The second-order valence-corrected chi connectivity index (χ2v) is 5.41. The maximum atomic E-state index is 11.9. The number of para-hydroxylation sites is 1. The monoisotopic (exact) mass is 325 g/mol. The number of benzene rings is 1. The van der Waals surface area contributed by atoms with Crippen molar-refractivity contribution < 1.29 is 14.7 Å². The van der Waals surface area contributed by atoms with E-state index in [0.29, 0.717) is 17.8 Å². The van der Waals surface area contributed by atoms with E-state index in [1.165, 1.54) is 0 Å². The molecule has 1 amide bonds. The molecule has 1 aliphatic rings. The second kappa shape index (κ2) is 6.30. The lowest BCUT2D eigenvalue weighted by Crippen LogP contribution is -2.30. The van der Waals surface area contributed by atoms with E-state index in [9.17, 15) is 9.59 Å². The lowest BCUT2D eigenvalue weighted by molar-refractivity contribution is -0.114. The molecule has 0 radical (unpaired) electrons. The summed E-state index contributed by atoms with van der Waals surface area (Å²) in [6, 6.07) is 5.29. The Morgan fingerprint density at radius 2 is 1.84 bits per heavy atom. The number of unbranched alkanes of at least 4 members (excludes halogenated alkanes) is 3. The van der Waals surface area contributed by atoms with E-state index in [0.717, 1.165) is 30.2 Å². The van der Waals surface area contributed by atoms with Gasteiger partial charge in [0.15, 0.2) is 0 Å². The number of hydrogen-bond acceptors (Lipinski definition) is 3. The fourth-order valence-electron chi connectivity index (χ4n) is 2.26. The van der Waals surface area contributed by atoms with E-state index in [1.807, 2.05) is 6.07 Å². The maximum Gasteiger partial charge on any atom is 0.299 e. The molecule has 1 aromatic carbocycles. The summed E-state index contributed by atoms with van der Waals surface area (Å²) in [5, 5.41) is 8.71.